The SMILES string of the molecule is CN(C)CC(NC(=O)OCC1c2ccccc2-c2ccccc21)C(=O)NC(CC(=O)O)C1CC1. The predicted octanol–water partition coefficient (Wildman–Crippen LogP) is 2.82. The highest BCUT2D eigenvalue weighted by atomic mass is 16.5. The number of likely N-dealkylation sites (N-methyl/N-ethyl adjacent to an activating group) is 1. The van der Waals surface area contributed by atoms with Crippen molar-refractivity contribution in [3.8, 4) is 11.1 Å². The third-order valence-corrected chi connectivity index (χ3v) is 6.41. The summed E-state index contributed by atoms with van der Waals surface area (Å²) in [4.78, 5) is 38.6. The molecule has 2 unspecified atom stereocenters. The maximum atomic E-state index is 12.9. The number of ether oxygens (including phenoxy) is 1. The van der Waals surface area contributed by atoms with Crippen molar-refractivity contribution in [2.24, 2.45) is 5.92 Å². The van der Waals surface area contributed by atoms with Crippen molar-refractivity contribution >= 4 is 18.0 Å². The number of carboxylic acids is 1. The van der Waals surface area contributed by atoms with E-state index in [1.54, 1.807) is 19.0 Å². The van der Waals surface area contributed by atoms with Crippen LogP contribution in [0, 0.1) is 5.92 Å². The van der Waals surface area contributed by atoms with E-state index < -0.39 is 30.1 Å². The van der Waals surface area contributed by atoms with Gasteiger partial charge in [-0.1, -0.05) is 48.5 Å². The second kappa shape index (κ2) is 10.3. The second-order valence-corrected chi connectivity index (χ2v) is 9.34. The summed E-state index contributed by atoms with van der Waals surface area (Å²) in [6, 6.07) is 14.9. The van der Waals surface area contributed by atoms with Crippen molar-refractivity contribution in [3.05, 3.63) is 59.7 Å². The van der Waals surface area contributed by atoms with E-state index in [4.69, 9.17) is 9.84 Å². The summed E-state index contributed by atoms with van der Waals surface area (Å²) < 4.78 is 5.59. The first-order chi connectivity index (χ1) is 16.3. The molecule has 2 aromatic carbocycles. The van der Waals surface area contributed by atoms with Gasteiger partial charge in [-0.3, -0.25) is 9.59 Å². The highest BCUT2D eigenvalue weighted by molar-refractivity contribution is 5.86. The topological polar surface area (TPSA) is 108 Å². The number of hydrogen-bond acceptors (Lipinski definition) is 5. The molecule has 8 heteroatoms. The molecule has 4 rings (SSSR count). The Morgan fingerprint density at radius 3 is 2.12 bits per heavy atom. The van der Waals surface area contributed by atoms with E-state index in [-0.39, 0.29) is 31.4 Å². The molecule has 1 saturated carbocycles. The summed E-state index contributed by atoms with van der Waals surface area (Å²) >= 11 is 0. The Labute approximate surface area is 199 Å². The number of carboxylic acid groups (broad SMARTS) is 1. The van der Waals surface area contributed by atoms with Crippen LogP contribution in [0.15, 0.2) is 48.5 Å². The molecule has 2 aromatic rings. The van der Waals surface area contributed by atoms with Crippen LogP contribution in [-0.4, -0.2) is 67.3 Å². The predicted molar refractivity (Wildman–Crippen MR) is 127 cm³/mol. The van der Waals surface area contributed by atoms with Gasteiger partial charge in [0.1, 0.15) is 12.6 Å². The molecule has 0 radical (unpaired) electrons. The van der Waals surface area contributed by atoms with Gasteiger partial charge in [-0.05, 0) is 55.1 Å². The fourth-order valence-electron chi connectivity index (χ4n) is 4.65. The number of carbonyl (C=O) groups excluding carboxylic acids is 2. The molecule has 8 nitrogen and oxygen atoms in total. The molecule has 0 spiro atoms. The second-order valence-electron chi connectivity index (χ2n) is 9.34. The Bertz CT molecular complexity index is 1020. The number of amides is 2. The van der Waals surface area contributed by atoms with Gasteiger partial charge in [0.15, 0.2) is 0 Å². The lowest BCUT2D eigenvalue weighted by Gasteiger charge is -2.25. The molecule has 180 valence electrons. The van der Waals surface area contributed by atoms with E-state index in [0.29, 0.717) is 0 Å². The highest BCUT2D eigenvalue weighted by Crippen LogP contribution is 2.44. The van der Waals surface area contributed by atoms with Gasteiger partial charge < -0.3 is 25.4 Å². The molecule has 0 heterocycles. The van der Waals surface area contributed by atoms with Crippen molar-refractivity contribution in [2.75, 3.05) is 27.2 Å². The Balaban J connectivity index is 1.40. The lowest BCUT2D eigenvalue weighted by molar-refractivity contribution is -0.138. The number of alkyl carbamates (subject to hydrolysis) is 1. The number of hydrogen-bond donors (Lipinski definition) is 3. The van der Waals surface area contributed by atoms with Crippen LogP contribution in [0.4, 0.5) is 4.79 Å². The Morgan fingerprint density at radius 2 is 1.59 bits per heavy atom. The monoisotopic (exact) mass is 465 g/mol. The number of benzene rings is 2. The normalized spacial score (nSPS) is 16.3. The minimum atomic E-state index is -0.953. The summed E-state index contributed by atoms with van der Waals surface area (Å²) in [5.41, 5.74) is 4.50. The van der Waals surface area contributed by atoms with Crippen molar-refractivity contribution < 1.29 is 24.2 Å². The van der Waals surface area contributed by atoms with Crippen LogP contribution in [0.25, 0.3) is 11.1 Å². The minimum Gasteiger partial charge on any atom is -0.481 e. The fourth-order valence-corrected chi connectivity index (χ4v) is 4.65. The van der Waals surface area contributed by atoms with Gasteiger partial charge in [-0.25, -0.2) is 4.79 Å². The smallest absolute Gasteiger partial charge is 0.407 e. The van der Waals surface area contributed by atoms with Crippen molar-refractivity contribution in [1.29, 1.82) is 0 Å². The van der Waals surface area contributed by atoms with E-state index in [0.717, 1.165) is 35.1 Å². The van der Waals surface area contributed by atoms with Gasteiger partial charge >= 0.3 is 12.1 Å². The first-order valence-electron chi connectivity index (χ1n) is 11.6. The molecule has 0 aliphatic heterocycles. The molecule has 34 heavy (non-hydrogen) atoms. The third-order valence-electron chi connectivity index (χ3n) is 6.41. The maximum Gasteiger partial charge on any atom is 0.407 e. The van der Waals surface area contributed by atoms with E-state index in [1.807, 2.05) is 36.4 Å². The molecule has 0 bridgehead atoms. The lowest BCUT2D eigenvalue weighted by atomic mass is 9.98. The van der Waals surface area contributed by atoms with Gasteiger partial charge in [-0.2, -0.15) is 0 Å². The van der Waals surface area contributed by atoms with Crippen LogP contribution in [0.1, 0.15) is 36.3 Å². The summed E-state index contributed by atoms with van der Waals surface area (Å²) in [6.07, 6.45) is 0.994. The molecule has 0 saturated heterocycles. The van der Waals surface area contributed by atoms with E-state index in [1.165, 1.54) is 0 Å². The van der Waals surface area contributed by atoms with Gasteiger partial charge in [0, 0.05) is 18.5 Å². The van der Waals surface area contributed by atoms with Crippen molar-refractivity contribution in [1.82, 2.24) is 15.5 Å². The fraction of sp³-hybridized carbons (Fsp3) is 0.423. The van der Waals surface area contributed by atoms with Crippen LogP contribution in [-0.2, 0) is 14.3 Å². The number of carbonyl (C=O) groups is 3. The molecular weight excluding hydrogens is 434 g/mol. The van der Waals surface area contributed by atoms with Crippen LogP contribution >= 0.6 is 0 Å². The van der Waals surface area contributed by atoms with Gasteiger partial charge in [0.05, 0.1) is 6.42 Å². The van der Waals surface area contributed by atoms with Crippen LogP contribution < -0.4 is 10.6 Å². The highest BCUT2D eigenvalue weighted by Gasteiger charge is 2.36. The number of fused-ring (bicyclic) bond motifs is 3. The summed E-state index contributed by atoms with van der Waals surface area (Å²) in [7, 11) is 3.60. The average Bonchev–Trinajstić information content (AvgIpc) is 3.59. The zero-order chi connectivity index (χ0) is 24.2. The number of aliphatic carboxylic acids is 1. The molecule has 1 fully saturated rings. The van der Waals surface area contributed by atoms with Crippen molar-refractivity contribution in [2.45, 2.75) is 37.3 Å². The zero-order valence-electron chi connectivity index (χ0n) is 19.5. The molecule has 2 atom stereocenters. The summed E-state index contributed by atoms with van der Waals surface area (Å²) in [5, 5.41) is 14.7. The first-order valence-corrected chi connectivity index (χ1v) is 11.6. The Hall–Kier alpha value is -3.39. The standard InChI is InChI=1S/C26H31N3O5/c1-29(2)14-23(25(32)27-22(13-24(30)31)16-11-12-16)28-26(33)34-15-21-19-9-5-3-7-17(19)18-8-4-6-10-20(18)21/h3-10,16,21-23H,11-15H2,1-2H3,(H,27,32)(H,28,33)(H,30,31). The summed E-state index contributed by atoms with van der Waals surface area (Å²) in [6.45, 7) is 0.417. The quantitative estimate of drug-likeness (QED) is 0.498. The Kier molecular flexibility index (Phi) is 7.17. The van der Waals surface area contributed by atoms with Gasteiger partial charge in [0.2, 0.25) is 5.91 Å². The van der Waals surface area contributed by atoms with Crippen LogP contribution in [0.2, 0.25) is 0 Å². The van der Waals surface area contributed by atoms with Crippen molar-refractivity contribution in [3.63, 3.8) is 0 Å². The van der Waals surface area contributed by atoms with E-state index in [2.05, 4.69) is 22.8 Å². The van der Waals surface area contributed by atoms with Gasteiger partial charge in [-0.15, -0.1) is 0 Å². The number of rotatable bonds is 10. The lowest BCUT2D eigenvalue weighted by Crippen LogP contribution is -2.54. The molecule has 2 aliphatic carbocycles. The largest absolute Gasteiger partial charge is 0.481 e. The van der Waals surface area contributed by atoms with E-state index >= 15 is 0 Å². The maximum absolute atomic E-state index is 12.9. The molecule has 2 aliphatic rings. The molecule has 0 aromatic heterocycles. The van der Waals surface area contributed by atoms with Gasteiger partial charge in [0.25, 0.3) is 0 Å². The van der Waals surface area contributed by atoms with Crippen LogP contribution in [0.5, 0.6) is 0 Å². The Morgan fingerprint density at radius 1 is 1.00 bits per heavy atom. The molecular formula is C26H31N3O5. The molecule has 2 amide bonds. The number of nitrogens with one attached hydrogen (secondary N) is 2. The first kappa shape index (κ1) is 23.8. The van der Waals surface area contributed by atoms with Crippen LogP contribution in [0.3, 0.4) is 0 Å². The zero-order valence-corrected chi connectivity index (χ0v) is 19.5. The van der Waals surface area contributed by atoms with E-state index in [9.17, 15) is 14.4 Å². The number of nitrogens with zero attached hydrogens (tertiary/aromatic N) is 1. The minimum absolute atomic E-state index is 0.0749. The molecule has 3 N–H and O–H groups in total. The third kappa shape index (κ3) is 5.56. The average molecular weight is 466 g/mol. The summed E-state index contributed by atoms with van der Waals surface area (Å²) in [5.74, 6) is -1.25.